The summed E-state index contributed by atoms with van der Waals surface area (Å²) in [5.74, 6) is -0.134. The van der Waals surface area contributed by atoms with E-state index in [9.17, 15) is 4.79 Å². The molecule has 1 N–H and O–H groups in total. The van der Waals surface area contributed by atoms with Crippen LogP contribution in [0.25, 0.3) is 0 Å². The summed E-state index contributed by atoms with van der Waals surface area (Å²) in [6, 6.07) is 13.0. The van der Waals surface area contributed by atoms with Crippen molar-refractivity contribution in [2.45, 2.75) is 4.90 Å². The Morgan fingerprint density at radius 3 is 2.57 bits per heavy atom. The number of halogens is 1. The first kappa shape index (κ1) is 15.7. The summed E-state index contributed by atoms with van der Waals surface area (Å²) in [7, 11) is 3.85. The van der Waals surface area contributed by atoms with E-state index >= 15 is 0 Å². The van der Waals surface area contributed by atoms with E-state index in [2.05, 4.69) is 5.32 Å². The van der Waals surface area contributed by atoms with E-state index in [1.54, 1.807) is 17.8 Å². The minimum Gasteiger partial charge on any atom is -0.376 e. The maximum atomic E-state index is 12.5. The van der Waals surface area contributed by atoms with Crippen molar-refractivity contribution < 1.29 is 4.79 Å². The Kier molecular flexibility index (Phi) is 5.15. The Labute approximate surface area is 134 Å². The molecule has 0 saturated carbocycles. The second-order valence-corrected chi connectivity index (χ2v) is 5.99. The topological polar surface area (TPSA) is 32.3 Å². The van der Waals surface area contributed by atoms with Gasteiger partial charge in [0, 0.05) is 24.0 Å². The molecule has 110 valence electrons. The quantitative estimate of drug-likeness (QED) is 0.848. The number of carbonyl (C=O) groups is 1. The van der Waals surface area contributed by atoms with Gasteiger partial charge in [0.1, 0.15) is 0 Å². The molecule has 2 aromatic rings. The molecule has 5 heteroatoms. The monoisotopic (exact) mass is 320 g/mol. The van der Waals surface area contributed by atoms with E-state index in [-0.39, 0.29) is 5.91 Å². The van der Waals surface area contributed by atoms with E-state index in [1.165, 1.54) is 0 Å². The van der Waals surface area contributed by atoms with E-state index in [0.717, 1.165) is 10.6 Å². The Morgan fingerprint density at radius 2 is 1.90 bits per heavy atom. The molecule has 1 amide bonds. The summed E-state index contributed by atoms with van der Waals surface area (Å²) in [6.45, 7) is 0. The molecule has 21 heavy (non-hydrogen) atoms. The summed E-state index contributed by atoms with van der Waals surface area (Å²) in [4.78, 5) is 15.4. The summed E-state index contributed by atoms with van der Waals surface area (Å²) in [5.41, 5.74) is 2.28. The first-order valence-corrected chi connectivity index (χ1v) is 8.04. The van der Waals surface area contributed by atoms with Crippen molar-refractivity contribution in [2.75, 3.05) is 30.6 Å². The second kappa shape index (κ2) is 6.87. The lowest BCUT2D eigenvalue weighted by atomic mass is 10.2. The van der Waals surface area contributed by atoms with E-state index in [1.807, 2.05) is 61.6 Å². The fourth-order valence-corrected chi connectivity index (χ4v) is 2.79. The average Bonchev–Trinajstić information content (AvgIpc) is 2.46. The molecule has 0 radical (unpaired) electrons. The van der Waals surface area contributed by atoms with Crippen molar-refractivity contribution in [1.29, 1.82) is 0 Å². The van der Waals surface area contributed by atoms with Crippen LogP contribution in [0.2, 0.25) is 5.02 Å². The summed E-state index contributed by atoms with van der Waals surface area (Å²) in [5, 5.41) is 3.54. The highest BCUT2D eigenvalue weighted by Gasteiger charge is 2.13. The van der Waals surface area contributed by atoms with Crippen LogP contribution in [0.5, 0.6) is 0 Å². The van der Waals surface area contributed by atoms with Crippen LogP contribution in [0, 0.1) is 0 Å². The van der Waals surface area contributed by atoms with Gasteiger partial charge in [0.15, 0.2) is 0 Å². The van der Waals surface area contributed by atoms with Crippen molar-refractivity contribution in [1.82, 2.24) is 0 Å². The van der Waals surface area contributed by atoms with Gasteiger partial charge in [-0.1, -0.05) is 23.7 Å². The van der Waals surface area contributed by atoms with E-state index in [4.69, 9.17) is 11.6 Å². The molecule has 0 heterocycles. The lowest BCUT2D eigenvalue weighted by molar-refractivity contribution is 0.102. The number of rotatable bonds is 4. The minimum atomic E-state index is -0.134. The van der Waals surface area contributed by atoms with Crippen LogP contribution >= 0.6 is 23.4 Å². The SMILES string of the molecule is CSc1ccccc1C(=O)Nc1cc(Cl)ccc1N(C)C. The molecule has 0 aliphatic rings. The molecule has 2 rings (SSSR count). The normalized spacial score (nSPS) is 10.3. The highest BCUT2D eigenvalue weighted by Crippen LogP contribution is 2.29. The first-order chi connectivity index (χ1) is 10.0. The number of amides is 1. The zero-order valence-corrected chi connectivity index (χ0v) is 13.8. The van der Waals surface area contributed by atoms with Gasteiger partial charge in [0.2, 0.25) is 0 Å². The van der Waals surface area contributed by atoms with Crippen molar-refractivity contribution in [3.05, 3.63) is 53.1 Å². The number of thioether (sulfide) groups is 1. The van der Waals surface area contributed by atoms with Crippen LogP contribution in [0.3, 0.4) is 0 Å². The predicted molar refractivity (Wildman–Crippen MR) is 92.0 cm³/mol. The number of carbonyl (C=O) groups excluding carboxylic acids is 1. The van der Waals surface area contributed by atoms with Crippen LogP contribution < -0.4 is 10.2 Å². The van der Waals surface area contributed by atoms with Crippen molar-refractivity contribution in [3.8, 4) is 0 Å². The molecule has 0 aliphatic heterocycles. The van der Waals surface area contributed by atoms with Gasteiger partial charge in [-0.2, -0.15) is 0 Å². The number of nitrogens with zero attached hydrogens (tertiary/aromatic N) is 1. The third-order valence-electron chi connectivity index (χ3n) is 3.04. The van der Waals surface area contributed by atoms with Crippen molar-refractivity contribution in [2.24, 2.45) is 0 Å². The summed E-state index contributed by atoms with van der Waals surface area (Å²) in [6.07, 6.45) is 1.96. The largest absolute Gasteiger partial charge is 0.376 e. The number of hydrogen-bond donors (Lipinski definition) is 1. The second-order valence-electron chi connectivity index (χ2n) is 4.71. The van der Waals surface area contributed by atoms with Gasteiger partial charge in [-0.3, -0.25) is 4.79 Å². The molecule has 0 unspecified atom stereocenters. The van der Waals surface area contributed by atoms with Gasteiger partial charge < -0.3 is 10.2 Å². The summed E-state index contributed by atoms with van der Waals surface area (Å²) >= 11 is 7.59. The smallest absolute Gasteiger partial charge is 0.256 e. The van der Waals surface area contributed by atoms with Crippen molar-refractivity contribution in [3.63, 3.8) is 0 Å². The van der Waals surface area contributed by atoms with Gasteiger partial charge in [0.05, 0.1) is 16.9 Å². The highest BCUT2D eigenvalue weighted by molar-refractivity contribution is 7.98. The molecular weight excluding hydrogens is 304 g/mol. The average molecular weight is 321 g/mol. The molecule has 0 bridgehead atoms. The number of hydrogen-bond acceptors (Lipinski definition) is 3. The zero-order valence-electron chi connectivity index (χ0n) is 12.2. The molecule has 3 nitrogen and oxygen atoms in total. The van der Waals surface area contributed by atoms with Crippen LogP contribution in [0.15, 0.2) is 47.4 Å². The first-order valence-electron chi connectivity index (χ1n) is 6.44. The lowest BCUT2D eigenvalue weighted by Crippen LogP contribution is -2.17. The Balaban J connectivity index is 2.33. The summed E-state index contributed by atoms with van der Waals surface area (Å²) < 4.78 is 0. The van der Waals surface area contributed by atoms with Gasteiger partial charge in [-0.25, -0.2) is 0 Å². The molecule has 0 aromatic heterocycles. The molecule has 2 aromatic carbocycles. The van der Waals surface area contributed by atoms with Gasteiger partial charge in [0.25, 0.3) is 5.91 Å². The maximum absolute atomic E-state index is 12.5. The third-order valence-corrected chi connectivity index (χ3v) is 4.07. The zero-order chi connectivity index (χ0) is 15.4. The molecule has 0 aliphatic carbocycles. The van der Waals surface area contributed by atoms with Gasteiger partial charge in [-0.05, 0) is 36.6 Å². The van der Waals surface area contributed by atoms with Crippen molar-refractivity contribution >= 4 is 40.6 Å². The molecule has 0 atom stereocenters. The Morgan fingerprint density at radius 1 is 1.19 bits per heavy atom. The van der Waals surface area contributed by atoms with Crippen LogP contribution in [0.1, 0.15) is 10.4 Å². The highest BCUT2D eigenvalue weighted by atomic mass is 35.5. The van der Waals surface area contributed by atoms with Crippen LogP contribution in [-0.4, -0.2) is 26.3 Å². The number of nitrogens with one attached hydrogen (secondary N) is 1. The van der Waals surface area contributed by atoms with E-state index in [0.29, 0.717) is 16.3 Å². The van der Waals surface area contributed by atoms with E-state index < -0.39 is 0 Å². The fourth-order valence-electron chi connectivity index (χ4n) is 2.02. The molecular formula is C16H17ClN2OS. The molecule has 0 fully saturated rings. The number of anilines is 2. The van der Waals surface area contributed by atoms with Crippen LogP contribution in [-0.2, 0) is 0 Å². The maximum Gasteiger partial charge on any atom is 0.256 e. The molecule has 0 saturated heterocycles. The van der Waals surface area contributed by atoms with Gasteiger partial charge >= 0.3 is 0 Å². The van der Waals surface area contributed by atoms with Crippen LogP contribution in [0.4, 0.5) is 11.4 Å². The van der Waals surface area contributed by atoms with Gasteiger partial charge in [-0.15, -0.1) is 11.8 Å². The third kappa shape index (κ3) is 3.71. The Bertz CT molecular complexity index is 658. The standard InChI is InChI=1S/C16H17ClN2OS/c1-19(2)14-9-8-11(17)10-13(14)18-16(20)12-6-4-5-7-15(12)21-3/h4-10H,1-3H3,(H,18,20). The fraction of sp³-hybridized carbons (Fsp3) is 0.188. The number of benzene rings is 2. The lowest BCUT2D eigenvalue weighted by Gasteiger charge is -2.18. The predicted octanol–water partition coefficient (Wildman–Crippen LogP) is 4.38. The minimum absolute atomic E-state index is 0.134. The molecule has 0 spiro atoms. The Hall–Kier alpha value is -1.65.